The quantitative estimate of drug-likeness (QED) is 0.723. The zero-order valence-electron chi connectivity index (χ0n) is 12.2. The van der Waals surface area contributed by atoms with E-state index in [-0.39, 0.29) is 21.7 Å². The number of hydrogen-bond donors (Lipinski definition) is 3. The molecule has 0 bridgehead atoms. The Labute approximate surface area is 142 Å². The summed E-state index contributed by atoms with van der Waals surface area (Å²) in [6, 6.07) is 3.30. The van der Waals surface area contributed by atoms with Crippen molar-refractivity contribution in [1.29, 1.82) is 0 Å². The van der Waals surface area contributed by atoms with Gasteiger partial charge in [-0.05, 0) is 34.5 Å². The van der Waals surface area contributed by atoms with Gasteiger partial charge in [-0.15, -0.1) is 0 Å². The lowest BCUT2D eigenvalue weighted by atomic mass is 9.89. The third kappa shape index (κ3) is 2.94. The van der Waals surface area contributed by atoms with E-state index >= 15 is 0 Å². The largest absolute Gasteiger partial charge is 0.430 e. The van der Waals surface area contributed by atoms with Crippen molar-refractivity contribution < 1.29 is 23.1 Å². The van der Waals surface area contributed by atoms with E-state index < -0.39 is 23.2 Å². The van der Waals surface area contributed by atoms with Crippen LogP contribution in [-0.2, 0) is 10.4 Å². The number of benzene rings is 1. The summed E-state index contributed by atoms with van der Waals surface area (Å²) < 4.78 is 39.8. The van der Waals surface area contributed by atoms with Crippen molar-refractivity contribution in [3.05, 3.63) is 40.1 Å². The molecule has 0 aliphatic heterocycles. The zero-order chi connectivity index (χ0) is 18.3. The van der Waals surface area contributed by atoms with Crippen molar-refractivity contribution in [2.45, 2.75) is 18.7 Å². The van der Waals surface area contributed by atoms with Crippen molar-refractivity contribution in [2.75, 3.05) is 5.73 Å². The molecule has 0 saturated carbocycles. The van der Waals surface area contributed by atoms with Gasteiger partial charge in [0.1, 0.15) is 4.60 Å². The normalized spacial score (nSPS) is 14.2. The lowest BCUT2D eigenvalue weighted by Crippen LogP contribution is -2.52. The van der Waals surface area contributed by atoms with Crippen molar-refractivity contribution in [3.8, 4) is 11.3 Å². The highest BCUT2D eigenvalue weighted by Crippen LogP contribution is 2.40. The third-order valence-electron chi connectivity index (χ3n) is 3.45. The van der Waals surface area contributed by atoms with Gasteiger partial charge in [-0.2, -0.15) is 13.2 Å². The Balaban J connectivity index is 2.68. The molecule has 2 rings (SSSR count). The smallest absolute Gasteiger partial charge is 0.381 e. The number of rotatable bonds is 3. The molecule has 2 aromatic rings. The van der Waals surface area contributed by atoms with Gasteiger partial charge in [-0.25, -0.2) is 9.97 Å². The molecule has 5 N–H and O–H groups in total. The van der Waals surface area contributed by atoms with Crippen molar-refractivity contribution >= 4 is 27.7 Å². The van der Waals surface area contributed by atoms with Crippen LogP contribution in [0.4, 0.5) is 19.0 Å². The second kappa shape index (κ2) is 6.02. The van der Waals surface area contributed by atoms with Gasteiger partial charge in [-0.1, -0.05) is 12.1 Å². The minimum absolute atomic E-state index is 0.108. The number of carbonyl (C=O) groups excluding carboxylic acids is 1. The second-order valence-corrected chi connectivity index (χ2v) is 5.78. The van der Waals surface area contributed by atoms with Crippen LogP contribution < -0.4 is 11.5 Å². The fourth-order valence-electron chi connectivity index (χ4n) is 2.07. The zero-order valence-corrected chi connectivity index (χ0v) is 13.8. The highest BCUT2D eigenvalue weighted by molar-refractivity contribution is 9.10. The fourth-order valence-corrected chi connectivity index (χ4v) is 2.37. The summed E-state index contributed by atoms with van der Waals surface area (Å²) in [5.41, 5.74) is 6.81. The maximum Gasteiger partial charge on any atom is 0.430 e. The summed E-state index contributed by atoms with van der Waals surface area (Å²) in [5.74, 6) is -1.81. The third-order valence-corrected chi connectivity index (χ3v) is 4.04. The Morgan fingerprint density at radius 2 is 1.96 bits per heavy atom. The maximum atomic E-state index is 13.2. The Bertz CT molecular complexity index is 813. The lowest BCUT2D eigenvalue weighted by Gasteiger charge is -2.28. The van der Waals surface area contributed by atoms with Crippen LogP contribution in [0.2, 0.25) is 0 Å². The van der Waals surface area contributed by atoms with Gasteiger partial charge < -0.3 is 16.6 Å². The standard InChI is InChI=1S/C14H12BrF3N4O2/c1-6-2-3-7(13(24,12(20)23)14(16,17)18)4-8(6)9-5-21-11(19)10(15)22-9/h2-5,24H,1H3,(H2,19,21)(H2,20,23). The van der Waals surface area contributed by atoms with E-state index in [1.807, 2.05) is 0 Å². The summed E-state index contributed by atoms with van der Waals surface area (Å²) in [7, 11) is 0. The number of amides is 1. The number of aromatic nitrogens is 2. The number of anilines is 1. The number of aliphatic hydroxyl groups is 1. The Kier molecular flexibility index (Phi) is 4.55. The number of alkyl halides is 3. The average molecular weight is 405 g/mol. The first-order valence-electron chi connectivity index (χ1n) is 6.47. The Morgan fingerprint density at radius 3 is 2.46 bits per heavy atom. The molecule has 0 saturated heterocycles. The molecule has 0 aliphatic carbocycles. The summed E-state index contributed by atoms with van der Waals surface area (Å²) in [6.07, 6.45) is -4.01. The van der Waals surface area contributed by atoms with E-state index in [1.165, 1.54) is 12.3 Å². The highest BCUT2D eigenvalue weighted by Gasteiger charge is 2.60. The Hall–Kier alpha value is -2.20. The van der Waals surface area contributed by atoms with Crippen LogP contribution in [-0.4, -0.2) is 27.2 Å². The molecule has 0 radical (unpaired) electrons. The van der Waals surface area contributed by atoms with E-state index in [9.17, 15) is 23.1 Å². The van der Waals surface area contributed by atoms with Gasteiger partial charge in [0.05, 0.1) is 11.9 Å². The van der Waals surface area contributed by atoms with Crippen LogP contribution >= 0.6 is 15.9 Å². The van der Waals surface area contributed by atoms with Gasteiger partial charge in [0, 0.05) is 11.1 Å². The van der Waals surface area contributed by atoms with E-state index in [0.29, 0.717) is 5.56 Å². The molecule has 24 heavy (non-hydrogen) atoms. The van der Waals surface area contributed by atoms with Gasteiger partial charge in [0.15, 0.2) is 5.82 Å². The number of carbonyl (C=O) groups is 1. The molecule has 0 fully saturated rings. The number of nitrogens with zero attached hydrogens (tertiary/aromatic N) is 2. The highest BCUT2D eigenvalue weighted by atomic mass is 79.9. The molecule has 6 nitrogen and oxygen atoms in total. The summed E-state index contributed by atoms with van der Waals surface area (Å²) in [5, 5.41) is 9.89. The molecular weight excluding hydrogens is 393 g/mol. The van der Waals surface area contributed by atoms with Crippen molar-refractivity contribution in [2.24, 2.45) is 5.73 Å². The van der Waals surface area contributed by atoms with Crippen molar-refractivity contribution in [1.82, 2.24) is 9.97 Å². The summed E-state index contributed by atoms with van der Waals surface area (Å²) in [4.78, 5) is 19.2. The summed E-state index contributed by atoms with van der Waals surface area (Å²) in [6.45, 7) is 1.63. The minimum atomic E-state index is -5.28. The van der Waals surface area contributed by atoms with Gasteiger partial charge in [0.25, 0.3) is 11.5 Å². The monoisotopic (exact) mass is 404 g/mol. The first kappa shape index (κ1) is 18.1. The maximum absolute atomic E-state index is 13.2. The molecule has 1 amide bonds. The van der Waals surface area contributed by atoms with Crippen LogP contribution in [0, 0.1) is 6.92 Å². The molecule has 1 aromatic carbocycles. The summed E-state index contributed by atoms with van der Waals surface area (Å²) >= 11 is 3.08. The molecule has 1 atom stereocenters. The average Bonchev–Trinajstić information content (AvgIpc) is 2.48. The van der Waals surface area contributed by atoms with E-state index in [2.05, 4.69) is 25.9 Å². The predicted molar refractivity (Wildman–Crippen MR) is 83.5 cm³/mol. The molecule has 0 aliphatic rings. The first-order valence-corrected chi connectivity index (χ1v) is 7.26. The van der Waals surface area contributed by atoms with E-state index in [4.69, 9.17) is 11.5 Å². The number of primary amides is 1. The van der Waals surface area contributed by atoms with Gasteiger partial charge in [-0.3, -0.25) is 4.79 Å². The number of nitrogens with two attached hydrogens (primary N) is 2. The van der Waals surface area contributed by atoms with E-state index in [0.717, 1.165) is 12.1 Å². The van der Waals surface area contributed by atoms with Gasteiger partial charge >= 0.3 is 6.18 Å². The van der Waals surface area contributed by atoms with Crippen LogP contribution in [0.3, 0.4) is 0 Å². The van der Waals surface area contributed by atoms with E-state index in [1.54, 1.807) is 6.92 Å². The fraction of sp³-hybridized carbons (Fsp3) is 0.214. The molecule has 1 heterocycles. The predicted octanol–water partition coefficient (Wildman–Crippen LogP) is 2.03. The van der Waals surface area contributed by atoms with Crippen LogP contribution in [0.15, 0.2) is 29.0 Å². The Morgan fingerprint density at radius 1 is 1.33 bits per heavy atom. The molecule has 10 heteroatoms. The van der Waals surface area contributed by atoms with Crippen LogP contribution in [0.25, 0.3) is 11.3 Å². The first-order chi connectivity index (χ1) is 11.0. The molecular formula is C14H12BrF3N4O2. The van der Waals surface area contributed by atoms with Gasteiger partial charge in [0.2, 0.25) is 0 Å². The molecule has 1 aromatic heterocycles. The number of aryl methyl sites for hydroxylation is 1. The van der Waals surface area contributed by atoms with Crippen LogP contribution in [0.1, 0.15) is 11.1 Å². The minimum Gasteiger partial charge on any atom is -0.381 e. The van der Waals surface area contributed by atoms with Crippen LogP contribution in [0.5, 0.6) is 0 Å². The number of halogens is 4. The molecule has 128 valence electrons. The topological polar surface area (TPSA) is 115 Å². The SMILES string of the molecule is Cc1ccc(C(O)(C(N)=O)C(F)(F)F)cc1-c1cnc(N)c(Br)n1. The molecule has 0 spiro atoms. The lowest BCUT2D eigenvalue weighted by molar-refractivity contribution is -0.255. The number of nitrogen functional groups attached to an aromatic ring is 1. The molecule has 1 unspecified atom stereocenters. The second-order valence-electron chi connectivity index (χ2n) is 5.03. The van der Waals surface area contributed by atoms with Crippen molar-refractivity contribution in [3.63, 3.8) is 0 Å². The number of hydrogen-bond acceptors (Lipinski definition) is 5.